The Hall–Kier alpha value is -1.61. The Kier molecular flexibility index (Phi) is 8.37. The average Bonchev–Trinajstić information content (AvgIpc) is 2.62. The number of carbonyl (C=O) groups excluding carboxylic acids is 1. The molecule has 0 heterocycles. The van der Waals surface area contributed by atoms with Gasteiger partial charge >= 0.3 is 0 Å². The highest BCUT2D eigenvalue weighted by Crippen LogP contribution is 2.33. The third kappa shape index (κ3) is 6.28. The number of rotatable bonds is 8. The zero-order valence-corrected chi connectivity index (χ0v) is 18.3. The molecule has 0 bridgehead atoms. The van der Waals surface area contributed by atoms with Crippen LogP contribution in [0.3, 0.4) is 0 Å². The molecular formula is C19H20BrIN2O3. The number of hydrogen-bond acceptors (Lipinski definition) is 4. The summed E-state index contributed by atoms with van der Waals surface area (Å²) in [7, 11) is 1.60. The summed E-state index contributed by atoms with van der Waals surface area (Å²) >= 11 is 5.57. The molecule has 0 radical (unpaired) electrons. The molecule has 2 aromatic carbocycles. The summed E-state index contributed by atoms with van der Waals surface area (Å²) in [6.07, 6.45) is 2.79. The number of nitrogens with zero attached hydrogens (tertiary/aromatic N) is 1. The van der Waals surface area contributed by atoms with Crippen molar-refractivity contribution < 1.29 is 14.3 Å². The van der Waals surface area contributed by atoms with Crippen LogP contribution in [-0.4, -0.2) is 25.8 Å². The quantitative estimate of drug-likeness (QED) is 0.309. The Labute approximate surface area is 175 Å². The molecular weight excluding hydrogens is 511 g/mol. The highest BCUT2D eigenvalue weighted by Gasteiger charge is 2.11. The van der Waals surface area contributed by atoms with Crippen LogP contribution in [0.1, 0.15) is 24.5 Å². The van der Waals surface area contributed by atoms with Crippen molar-refractivity contribution in [1.82, 2.24) is 5.43 Å². The minimum absolute atomic E-state index is 0.173. The first-order chi connectivity index (χ1) is 12.5. The van der Waals surface area contributed by atoms with Gasteiger partial charge in [0.25, 0.3) is 0 Å². The largest absolute Gasteiger partial charge is 0.493 e. The van der Waals surface area contributed by atoms with Crippen molar-refractivity contribution in [2.75, 3.05) is 13.7 Å². The molecule has 0 aliphatic carbocycles. The van der Waals surface area contributed by atoms with Crippen molar-refractivity contribution >= 4 is 50.6 Å². The van der Waals surface area contributed by atoms with Crippen LogP contribution in [0.25, 0.3) is 0 Å². The standard InChI is InChI=1S/C19H20BrIN2O3/c1-3-8-26-19-16(21)9-14(10-17(19)25-2)12-22-23-18(24)11-13-4-6-15(20)7-5-13/h4-7,9-10,12H,3,8,11H2,1-2H3,(H,23,24)/b22-12-. The van der Waals surface area contributed by atoms with E-state index in [1.54, 1.807) is 13.3 Å². The Morgan fingerprint density at radius 2 is 2.04 bits per heavy atom. The van der Waals surface area contributed by atoms with E-state index in [9.17, 15) is 4.79 Å². The lowest BCUT2D eigenvalue weighted by Gasteiger charge is -2.12. The van der Waals surface area contributed by atoms with Gasteiger partial charge in [-0.1, -0.05) is 35.0 Å². The van der Waals surface area contributed by atoms with Crippen molar-refractivity contribution in [2.45, 2.75) is 19.8 Å². The number of halogens is 2. The van der Waals surface area contributed by atoms with Crippen molar-refractivity contribution in [3.05, 3.63) is 55.6 Å². The number of hydrogen-bond donors (Lipinski definition) is 1. The highest BCUT2D eigenvalue weighted by atomic mass is 127. The van der Waals surface area contributed by atoms with Gasteiger partial charge in [0.2, 0.25) is 5.91 Å². The maximum absolute atomic E-state index is 12.0. The van der Waals surface area contributed by atoms with Crippen LogP contribution in [0.15, 0.2) is 46.0 Å². The molecule has 1 amide bonds. The molecule has 0 fully saturated rings. The third-order valence-electron chi connectivity index (χ3n) is 3.38. The van der Waals surface area contributed by atoms with Crippen molar-refractivity contribution in [2.24, 2.45) is 5.10 Å². The summed E-state index contributed by atoms with van der Waals surface area (Å²) in [5, 5.41) is 4.03. The zero-order valence-electron chi connectivity index (χ0n) is 14.6. The summed E-state index contributed by atoms with van der Waals surface area (Å²) < 4.78 is 13.0. The van der Waals surface area contributed by atoms with E-state index in [4.69, 9.17) is 9.47 Å². The number of ether oxygens (including phenoxy) is 2. The van der Waals surface area contributed by atoms with Gasteiger partial charge in [-0.05, 0) is 64.4 Å². The van der Waals surface area contributed by atoms with E-state index in [0.717, 1.165) is 31.3 Å². The molecule has 0 atom stereocenters. The lowest BCUT2D eigenvalue weighted by Crippen LogP contribution is -2.19. The van der Waals surface area contributed by atoms with Gasteiger partial charge in [0.1, 0.15) is 0 Å². The maximum atomic E-state index is 12.0. The minimum Gasteiger partial charge on any atom is -0.493 e. The fourth-order valence-corrected chi connectivity index (χ4v) is 3.21. The van der Waals surface area contributed by atoms with Crippen LogP contribution < -0.4 is 14.9 Å². The van der Waals surface area contributed by atoms with Crippen molar-refractivity contribution in [1.29, 1.82) is 0 Å². The summed E-state index contributed by atoms with van der Waals surface area (Å²) in [6, 6.07) is 11.4. The summed E-state index contributed by atoms with van der Waals surface area (Å²) in [5.41, 5.74) is 4.29. The van der Waals surface area contributed by atoms with Gasteiger partial charge in [-0.15, -0.1) is 0 Å². The molecule has 0 spiro atoms. The second-order valence-electron chi connectivity index (χ2n) is 5.48. The predicted octanol–water partition coefficient (Wildman–Crippen LogP) is 4.54. The van der Waals surface area contributed by atoms with Crippen LogP contribution >= 0.6 is 38.5 Å². The van der Waals surface area contributed by atoms with E-state index >= 15 is 0 Å². The third-order valence-corrected chi connectivity index (χ3v) is 4.71. The Morgan fingerprint density at radius 1 is 1.31 bits per heavy atom. The van der Waals surface area contributed by atoms with Gasteiger partial charge in [-0.3, -0.25) is 4.79 Å². The molecule has 138 valence electrons. The first-order valence-corrected chi connectivity index (χ1v) is 9.97. The Morgan fingerprint density at radius 3 is 2.69 bits per heavy atom. The Bertz CT molecular complexity index is 779. The van der Waals surface area contributed by atoms with E-state index in [1.807, 2.05) is 36.4 Å². The van der Waals surface area contributed by atoms with Crippen LogP contribution in [0.4, 0.5) is 0 Å². The molecule has 0 aliphatic rings. The lowest BCUT2D eigenvalue weighted by atomic mass is 10.1. The molecule has 0 unspecified atom stereocenters. The monoisotopic (exact) mass is 530 g/mol. The summed E-state index contributed by atoms with van der Waals surface area (Å²) in [6.45, 7) is 2.68. The van der Waals surface area contributed by atoms with Gasteiger partial charge in [0.05, 0.1) is 29.9 Å². The number of benzene rings is 2. The van der Waals surface area contributed by atoms with Crippen LogP contribution in [0, 0.1) is 3.57 Å². The number of hydrazone groups is 1. The minimum atomic E-state index is -0.173. The molecule has 0 aliphatic heterocycles. The topological polar surface area (TPSA) is 59.9 Å². The number of amides is 1. The van der Waals surface area contributed by atoms with Crippen molar-refractivity contribution in [3.63, 3.8) is 0 Å². The van der Waals surface area contributed by atoms with E-state index in [-0.39, 0.29) is 12.3 Å². The Balaban J connectivity index is 1.99. The molecule has 0 saturated carbocycles. The first kappa shape index (κ1) is 20.7. The van der Waals surface area contributed by atoms with Gasteiger partial charge in [0, 0.05) is 4.47 Å². The van der Waals surface area contributed by atoms with Gasteiger partial charge < -0.3 is 9.47 Å². The van der Waals surface area contributed by atoms with Crippen LogP contribution in [0.2, 0.25) is 0 Å². The highest BCUT2D eigenvalue weighted by molar-refractivity contribution is 14.1. The van der Waals surface area contributed by atoms with E-state index < -0.39 is 0 Å². The fraction of sp³-hybridized carbons (Fsp3) is 0.263. The average molecular weight is 531 g/mol. The smallest absolute Gasteiger partial charge is 0.244 e. The number of methoxy groups -OCH3 is 1. The zero-order chi connectivity index (χ0) is 18.9. The number of carbonyl (C=O) groups is 1. The second kappa shape index (κ2) is 10.5. The predicted molar refractivity (Wildman–Crippen MR) is 115 cm³/mol. The van der Waals surface area contributed by atoms with E-state index in [0.29, 0.717) is 12.4 Å². The normalized spacial score (nSPS) is 10.8. The van der Waals surface area contributed by atoms with E-state index in [2.05, 4.69) is 56.0 Å². The lowest BCUT2D eigenvalue weighted by molar-refractivity contribution is -0.120. The molecule has 0 saturated heterocycles. The van der Waals surface area contributed by atoms with Crippen molar-refractivity contribution in [3.8, 4) is 11.5 Å². The van der Waals surface area contributed by atoms with Gasteiger partial charge in [-0.2, -0.15) is 5.10 Å². The fourth-order valence-electron chi connectivity index (χ4n) is 2.16. The summed E-state index contributed by atoms with van der Waals surface area (Å²) in [4.78, 5) is 12.0. The van der Waals surface area contributed by atoms with Gasteiger partial charge in [0.15, 0.2) is 11.5 Å². The summed E-state index contributed by atoms with van der Waals surface area (Å²) in [5.74, 6) is 1.20. The molecule has 2 rings (SSSR count). The number of nitrogens with one attached hydrogen (secondary N) is 1. The van der Waals surface area contributed by atoms with E-state index in [1.165, 1.54) is 0 Å². The molecule has 7 heteroatoms. The molecule has 1 N–H and O–H groups in total. The SMILES string of the molecule is CCCOc1c(I)cc(/C=N\NC(=O)Cc2ccc(Br)cc2)cc1OC. The molecule has 26 heavy (non-hydrogen) atoms. The maximum Gasteiger partial charge on any atom is 0.244 e. The molecule has 2 aromatic rings. The molecule has 0 aromatic heterocycles. The first-order valence-electron chi connectivity index (χ1n) is 8.10. The molecule has 5 nitrogen and oxygen atoms in total. The van der Waals surface area contributed by atoms with Crippen LogP contribution in [-0.2, 0) is 11.2 Å². The van der Waals surface area contributed by atoms with Crippen LogP contribution in [0.5, 0.6) is 11.5 Å². The van der Waals surface area contributed by atoms with Gasteiger partial charge in [-0.25, -0.2) is 5.43 Å². The second-order valence-corrected chi connectivity index (χ2v) is 7.56.